The summed E-state index contributed by atoms with van der Waals surface area (Å²) in [5.41, 5.74) is 0.333. The van der Waals surface area contributed by atoms with E-state index < -0.39 is 16.4 Å². The molecule has 1 N–H and O–H groups in total. The summed E-state index contributed by atoms with van der Waals surface area (Å²) < 4.78 is 11.6. The van der Waals surface area contributed by atoms with Crippen molar-refractivity contribution in [3.05, 3.63) is 33.2 Å². The predicted octanol–water partition coefficient (Wildman–Crippen LogP) is 1.18. The van der Waals surface area contributed by atoms with Crippen LogP contribution in [0.5, 0.6) is 0 Å². The van der Waals surface area contributed by atoms with Gasteiger partial charge in [-0.3, -0.25) is 13.8 Å². The highest BCUT2D eigenvalue weighted by Gasteiger charge is 2.26. The largest absolute Gasteiger partial charge is 0.339 e. The first-order valence-corrected chi connectivity index (χ1v) is 9.23. The molecule has 0 saturated carbocycles. The Kier molecular flexibility index (Phi) is 5.72. The second-order valence-electron chi connectivity index (χ2n) is 5.79. The van der Waals surface area contributed by atoms with Gasteiger partial charge in [-0.05, 0) is 31.7 Å². The zero-order valence-electron chi connectivity index (χ0n) is 13.4. The number of rotatable bonds is 4. The fourth-order valence-electron chi connectivity index (χ4n) is 2.78. The van der Waals surface area contributed by atoms with Crippen LogP contribution < -0.4 is 5.56 Å². The molecule has 23 heavy (non-hydrogen) atoms. The number of carbonyl (C=O) groups is 1. The average molecular weight is 335 g/mol. The Morgan fingerprint density at radius 2 is 2.13 bits per heavy atom. The maximum atomic E-state index is 12.6. The minimum absolute atomic E-state index is 0.0489. The van der Waals surface area contributed by atoms with Crippen molar-refractivity contribution < 1.29 is 9.00 Å². The third-order valence-electron chi connectivity index (χ3n) is 4.23. The molecule has 1 fully saturated rings. The molecule has 2 rings (SSSR count). The first-order chi connectivity index (χ1) is 11.0. The van der Waals surface area contributed by atoms with Crippen LogP contribution >= 0.6 is 0 Å². The molecule has 1 amide bonds. The molecule has 1 aliphatic rings. The van der Waals surface area contributed by atoms with Crippen LogP contribution in [0.1, 0.15) is 41.4 Å². The van der Waals surface area contributed by atoms with E-state index in [1.807, 2.05) is 13.0 Å². The molecular weight excluding hydrogens is 314 g/mol. The molecule has 1 saturated heterocycles. The monoisotopic (exact) mass is 335 g/mol. The van der Waals surface area contributed by atoms with Crippen LogP contribution in [-0.2, 0) is 10.8 Å². The van der Waals surface area contributed by atoms with E-state index >= 15 is 0 Å². The molecule has 0 aliphatic carbocycles. The van der Waals surface area contributed by atoms with Gasteiger partial charge in [0.2, 0.25) is 0 Å². The third kappa shape index (κ3) is 4.08. The standard InChI is InChI=1S/C16H21N3O3S/c1-3-23(22)10-12-4-6-19(7-5-12)16(21)14-8-13(9-17)15(20)18-11(14)2/h8,12H,3-7,10H2,1-2H3,(H,18,20). The maximum Gasteiger partial charge on any atom is 0.266 e. The van der Waals surface area contributed by atoms with Crippen molar-refractivity contribution in [2.75, 3.05) is 24.6 Å². The summed E-state index contributed by atoms with van der Waals surface area (Å²) in [6.07, 6.45) is 1.68. The number of H-pyrrole nitrogens is 1. The van der Waals surface area contributed by atoms with Crippen molar-refractivity contribution in [2.45, 2.75) is 26.7 Å². The first kappa shape index (κ1) is 17.4. The van der Waals surface area contributed by atoms with E-state index in [1.54, 1.807) is 11.8 Å². The highest BCUT2D eigenvalue weighted by molar-refractivity contribution is 7.84. The molecule has 0 aromatic carbocycles. The Labute approximate surface area is 138 Å². The number of likely N-dealkylation sites (tertiary alicyclic amines) is 1. The molecule has 0 radical (unpaired) electrons. The van der Waals surface area contributed by atoms with Crippen LogP contribution in [0.2, 0.25) is 0 Å². The van der Waals surface area contributed by atoms with E-state index in [4.69, 9.17) is 5.26 Å². The number of nitriles is 1. The van der Waals surface area contributed by atoms with Crippen molar-refractivity contribution in [1.29, 1.82) is 5.26 Å². The number of hydrogen-bond donors (Lipinski definition) is 1. The second-order valence-corrected chi connectivity index (χ2v) is 7.58. The minimum atomic E-state index is -0.772. The number of carbonyl (C=O) groups excluding carboxylic acids is 1. The summed E-state index contributed by atoms with van der Waals surface area (Å²) in [5, 5.41) is 8.94. The molecule has 1 aliphatic heterocycles. The van der Waals surface area contributed by atoms with Crippen molar-refractivity contribution in [3.63, 3.8) is 0 Å². The number of nitrogens with one attached hydrogen (secondary N) is 1. The number of pyridine rings is 1. The zero-order valence-corrected chi connectivity index (χ0v) is 14.2. The van der Waals surface area contributed by atoms with E-state index in [0.29, 0.717) is 41.8 Å². The maximum absolute atomic E-state index is 12.6. The van der Waals surface area contributed by atoms with Gasteiger partial charge in [0.05, 0.1) is 5.56 Å². The van der Waals surface area contributed by atoms with Gasteiger partial charge in [0, 0.05) is 41.1 Å². The van der Waals surface area contributed by atoms with Crippen molar-refractivity contribution in [1.82, 2.24) is 9.88 Å². The van der Waals surface area contributed by atoms with Gasteiger partial charge in [-0.25, -0.2) is 0 Å². The van der Waals surface area contributed by atoms with Gasteiger partial charge in [0.1, 0.15) is 11.6 Å². The summed E-state index contributed by atoms with van der Waals surface area (Å²) >= 11 is 0. The van der Waals surface area contributed by atoms with E-state index in [9.17, 15) is 13.8 Å². The normalized spacial score (nSPS) is 16.8. The number of aromatic nitrogens is 1. The predicted molar refractivity (Wildman–Crippen MR) is 88.7 cm³/mol. The van der Waals surface area contributed by atoms with Crippen molar-refractivity contribution in [2.24, 2.45) is 5.92 Å². The summed E-state index contributed by atoms with van der Waals surface area (Å²) in [5.74, 6) is 1.61. The SMILES string of the molecule is CCS(=O)CC1CCN(C(=O)c2cc(C#N)c(=O)[nH]c2C)CC1. The fourth-order valence-corrected chi connectivity index (χ4v) is 3.88. The minimum Gasteiger partial charge on any atom is -0.339 e. The van der Waals surface area contributed by atoms with Crippen LogP contribution in [0.25, 0.3) is 0 Å². The van der Waals surface area contributed by atoms with E-state index in [0.717, 1.165) is 12.8 Å². The topological polar surface area (TPSA) is 94.0 Å². The van der Waals surface area contributed by atoms with E-state index in [1.165, 1.54) is 6.07 Å². The first-order valence-electron chi connectivity index (χ1n) is 7.74. The molecule has 1 unspecified atom stereocenters. The Hall–Kier alpha value is -1.94. The molecule has 2 heterocycles. The fraction of sp³-hybridized carbons (Fsp3) is 0.562. The van der Waals surface area contributed by atoms with Crippen LogP contribution in [0.15, 0.2) is 10.9 Å². The van der Waals surface area contributed by atoms with E-state index in [-0.39, 0.29) is 11.5 Å². The summed E-state index contributed by atoms with van der Waals surface area (Å²) in [7, 11) is -0.772. The Morgan fingerprint density at radius 3 is 2.70 bits per heavy atom. The molecule has 1 aromatic heterocycles. The van der Waals surface area contributed by atoms with Gasteiger partial charge in [0.15, 0.2) is 0 Å². The second kappa shape index (κ2) is 7.55. The van der Waals surface area contributed by atoms with Crippen LogP contribution in [0.4, 0.5) is 0 Å². The van der Waals surface area contributed by atoms with E-state index in [2.05, 4.69) is 4.98 Å². The molecule has 124 valence electrons. The summed E-state index contributed by atoms with van der Waals surface area (Å²) in [6, 6.07) is 3.18. The van der Waals surface area contributed by atoms with Gasteiger partial charge in [0.25, 0.3) is 11.5 Å². The Balaban J connectivity index is 2.07. The molecule has 0 bridgehead atoms. The lowest BCUT2D eigenvalue weighted by Crippen LogP contribution is -2.40. The highest BCUT2D eigenvalue weighted by atomic mass is 32.2. The van der Waals surface area contributed by atoms with Crippen LogP contribution in [0.3, 0.4) is 0 Å². The van der Waals surface area contributed by atoms with Gasteiger partial charge >= 0.3 is 0 Å². The van der Waals surface area contributed by atoms with Crippen molar-refractivity contribution >= 4 is 16.7 Å². The molecule has 7 heteroatoms. The van der Waals surface area contributed by atoms with Crippen molar-refractivity contribution in [3.8, 4) is 6.07 Å². The number of aryl methyl sites for hydroxylation is 1. The third-order valence-corrected chi connectivity index (χ3v) is 5.72. The number of piperidine rings is 1. The Bertz CT molecular complexity index is 712. The van der Waals surface area contributed by atoms with Gasteiger partial charge in [-0.2, -0.15) is 5.26 Å². The van der Waals surface area contributed by atoms with Crippen LogP contribution in [0, 0.1) is 24.2 Å². The molecule has 1 aromatic rings. The van der Waals surface area contributed by atoms with Gasteiger partial charge < -0.3 is 9.88 Å². The lowest BCUT2D eigenvalue weighted by Gasteiger charge is -2.32. The molecular formula is C16H21N3O3S. The number of hydrogen-bond acceptors (Lipinski definition) is 4. The highest BCUT2D eigenvalue weighted by Crippen LogP contribution is 2.20. The number of aromatic amines is 1. The lowest BCUT2D eigenvalue weighted by molar-refractivity contribution is 0.0697. The number of nitrogens with zero attached hydrogens (tertiary/aromatic N) is 2. The van der Waals surface area contributed by atoms with Gasteiger partial charge in [-0.15, -0.1) is 0 Å². The van der Waals surface area contributed by atoms with Gasteiger partial charge in [-0.1, -0.05) is 6.92 Å². The average Bonchev–Trinajstić information content (AvgIpc) is 2.55. The molecule has 6 nitrogen and oxygen atoms in total. The zero-order chi connectivity index (χ0) is 17.0. The lowest BCUT2D eigenvalue weighted by atomic mass is 9.98. The quantitative estimate of drug-likeness (QED) is 0.894. The number of amides is 1. The summed E-state index contributed by atoms with van der Waals surface area (Å²) in [4.78, 5) is 28.5. The molecule has 0 spiro atoms. The summed E-state index contributed by atoms with van der Waals surface area (Å²) in [6.45, 7) is 4.81. The van der Waals surface area contributed by atoms with Crippen LogP contribution in [-0.4, -0.2) is 44.6 Å². The Morgan fingerprint density at radius 1 is 1.48 bits per heavy atom. The molecule has 1 atom stereocenters. The smallest absolute Gasteiger partial charge is 0.266 e.